The lowest BCUT2D eigenvalue weighted by molar-refractivity contribution is 0.593. The summed E-state index contributed by atoms with van der Waals surface area (Å²) in [5.74, 6) is 0.147. The normalized spacial score (nSPS) is 11.6. The second-order valence-corrected chi connectivity index (χ2v) is 5.27. The summed E-state index contributed by atoms with van der Waals surface area (Å²) in [6.07, 6.45) is 0. The van der Waals surface area contributed by atoms with Gasteiger partial charge in [0.05, 0.1) is 10.6 Å². The van der Waals surface area contributed by atoms with E-state index in [1.807, 2.05) is 19.1 Å². The molecule has 0 aliphatic heterocycles. The van der Waals surface area contributed by atoms with Gasteiger partial charge in [0, 0.05) is 6.54 Å². The highest BCUT2D eigenvalue weighted by molar-refractivity contribution is 7.91. The molecule has 0 saturated carbocycles. The van der Waals surface area contributed by atoms with Crippen molar-refractivity contribution in [2.24, 2.45) is 0 Å². The van der Waals surface area contributed by atoms with Crippen LogP contribution in [0.3, 0.4) is 0 Å². The summed E-state index contributed by atoms with van der Waals surface area (Å²) in [5, 5.41) is 2.83. The van der Waals surface area contributed by atoms with Crippen molar-refractivity contribution in [1.82, 2.24) is 5.32 Å². The Morgan fingerprint density at radius 3 is 2.50 bits per heavy atom. The molecule has 3 nitrogen and oxygen atoms in total. The number of nitrogens with one attached hydrogen (secondary N) is 1. The minimum atomic E-state index is -3.12. The van der Waals surface area contributed by atoms with E-state index in [0.717, 1.165) is 5.56 Å². The summed E-state index contributed by atoms with van der Waals surface area (Å²) in [4.78, 5) is 0.440. The molecule has 1 aromatic carbocycles. The lowest BCUT2D eigenvalue weighted by Crippen LogP contribution is -2.19. The zero-order valence-electron chi connectivity index (χ0n) is 8.45. The molecule has 0 bridgehead atoms. The largest absolute Gasteiger partial charge is 0.319 e. The predicted molar refractivity (Wildman–Crippen MR) is 57.2 cm³/mol. The molecule has 0 saturated heterocycles. The Kier molecular flexibility index (Phi) is 3.66. The van der Waals surface area contributed by atoms with E-state index in [2.05, 4.69) is 5.32 Å². The monoisotopic (exact) mass is 213 g/mol. The Morgan fingerprint density at radius 1 is 1.29 bits per heavy atom. The topological polar surface area (TPSA) is 46.2 Å². The van der Waals surface area contributed by atoms with Gasteiger partial charge in [0.2, 0.25) is 0 Å². The van der Waals surface area contributed by atoms with Crippen LogP contribution in [-0.2, 0) is 9.84 Å². The molecule has 0 atom stereocenters. The first-order valence-electron chi connectivity index (χ1n) is 4.51. The van der Waals surface area contributed by atoms with Gasteiger partial charge in [-0.1, -0.05) is 18.2 Å². The van der Waals surface area contributed by atoms with E-state index < -0.39 is 9.84 Å². The third-order valence-electron chi connectivity index (χ3n) is 2.05. The molecule has 14 heavy (non-hydrogen) atoms. The fourth-order valence-electron chi connectivity index (χ4n) is 1.25. The fraction of sp³-hybridized carbons (Fsp3) is 0.400. The molecule has 0 fully saturated rings. The van der Waals surface area contributed by atoms with E-state index in [1.54, 1.807) is 19.2 Å². The van der Waals surface area contributed by atoms with E-state index in [9.17, 15) is 8.42 Å². The molecule has 0 unspecified atom stereocenters. The van der Waals surface area contributed by atoms with Crippen molar-refractivity contribution in [1.29, 1.82) is 0 Å². The van der Waals surface area contributed by atoms with Crippen LogP contribution in [0, 0.1) is 6.92 Å². The second-order valence-electron chi connectivity index (χ2n) is 3.19. The summed E-state index contributed by atoms with van der Waals surface area (Å²) >= 11 is 0. The van der Waals surface area contributed by atoms with Crippen LogP contribution in [-0.4, -0.2) is 27.8 Å². The first-order chi connectivity index (χ1) is 6.58. The number of hydrogen-bond donors (Lipinski definition) is 1. The molecule has 0 heterocycles. The van der Waals surface area contributed by atoms with E-state index >= 15 is 0 Å². The minimum Gasteiger partial charge on any atom is -0.319 e. The number of aryl methyl sites for hydroxylation is 1. The number of sulfone groups is 1. The van der Waals surface area contributed by atoms with Crippen molar-refractivity contribution < 1.29 is 8.42 Å². The van der Waals surface area contributed by atoms with Crippen molar-refractivity contribution in [2.45, 2.75) is 11.8 Å². The summed E-state index contributed by atoms with van der Waals surface area (Å²) in [7, 11) is -1.37. The van der Waals surface area contributed by atoms with Crippen molar-refractivity contribution in [2.75, 3.05) is 19.3 Å². The Morgan fingerprint density at radius 2 is 1.93 bits per heavy atom. The Bertz CT molecular complexity index is 398. The van der Waals surface area contributed by atoms with E-state index in [1.165, 1.54) is 0 Å². The van der Waals surface area contributed by atoms with Gasteiger partial charge in [-0.25, -0.2) is 8.42 Å². The zero-order valence-corrected chi connectivity index (χ0v) is 9.26. The average Bonchev–Trinajstić information content (AvgIpc) is 2.15. The van der Waals surface area contributed by atoms with Crippen LogP contribution in [0.4, 0.5) is 0 Å². The molecule has 0 aliphatic rings. The molecule has 1 N–H and O–H groups in total. The van der Waals surface area contributed by atoms with Gasteiger partial charge >= 0.3 is 0 Å². The Labute approximate surface area is 85.1 Å². The first-order valence-corrected chi connectivity index (χ1v) is 6.16. The van der Waals surface area contributed by atoms with E-state index in [4.69, 9.17) is 0 Å². The van der Waals surface area contributed by atoms with Crippen molar-refractivity contribution in [3.05, 3.63) is 29.8 Å². The smallest absolute Gasteiger partial charge is 0.179 e. The van der Waals surface area contributed by atoms with Gasteiger partial charge in [-0.2, -0.15) is 0 Å². The highest BCUT2D eigenvalue weighted by Crippen LogP contribution is 2.15. The summed E-state index contributed by atoms with van der Waals surface area (Å²) in [6, 6.07) is 7.05. The highest BCUT2D eigenvalue weighted by atomic mass is 32.2. The van der Waals surface area contributed by atoms with Gasteiger partial charge in [0.1, 0.15) is 0 Å². The predicted octanol–water partition coefficient (Wildman–Crippen LogP) is 0.988. The Balaban J connectivity index is 2.99. The minimum absolute atomic E-state index is 0.147. The SMILES string of the molecule is CNCCS(=O)(=O)c1ccccc1C. The molecule has 78 valence electrons. The van der Waals surface area contributed by atoms with Crippen molar-refractivity contribution >= 4 is 9.84 Å². The number of rotatable bonds is 4. The standard InChI is InChI=1S/C10H15NO2S/c1-9-5-3-4-6-10(9)14(12,13)8-7-11-2/h3-6,11H,7-8H2,1-2H3. The molecular weight excluding hydrogens is 198 g/mol. The average molecular weight is 213 g/mol. The van der Waals surface area contributed by atoms with Gasteiger partial charge in [0.15, 0.2) is 9.84 Å². The summed E-state index contributed by atoms with van der Waals surface area (Å²) in [6.45, 7) is 2.29. The van der Waals surface area contributed by atoms with Gasteiger partial charge < -0.3 is 5.32 Å². The lowest BCUT2D eigenvalue weighted by atomic mass is 10.2. The molecule has 0 aliphatic carbocycles. The van der Waals surface area contributed by atoms with Crippen LogP contribution >= 0.6 is 0 Å². The fourth-order valence-corrected chi connectivity index (χ4v) is 2.79. The quantitative estimate of drug-likeness (QED) is 0.811. The van der Waals surface area contributed by atoms with Gasteiger partial charge in [-0.15, -0.1) is 0 Å². The maximum Gasteiger partial charge on any atom is 0.179 e. The number of hydrogen-bond acceptors (Lipinski definition) is 3. The zero-order chi connectivity index (χ0) is 10.6. The molecule has 4 heteroatoms. The third-order valence-corrected chi connectivity index (χ3v) is 3.92. The van der Waals surface area contributed by atoms with Crippen LogP contribution < -0.4 is 5.32 Å². The van der Waals surface area contributed by atoms with Crippen LogP contribution in [0.25, 0.3) is 0 Å². The molecule has 1 rings (SSSR count). The van der Waals surface area contributed by atoms with E-state index in [-0.39, 0.29) is 5.75 Å². The maximum atomic E-state index is 11.8. The molecular formula is C10H15NO2S. The lowest BCUT2D eigenvalue weighted by Gasteiger charge is -2.06. The van der Waals surface area contributed by atoms with Crippen molar-refractivity contribution in [3.8, 4) is 0 Å². The molecule has 0 aromatic heterocycles. The van der Waals surface area contributed by atoms with Gasteiger partial charge in [0.25, 0.3) is 0 Å². The van der Waals surface area contributed by atoms with E-state index in [0.29, 0.717) is 11.4 Å². The molecule has 0 radical (unpaired) electrons. The molecule has 1 aromatic rings. The van der Waals surface area contributed by atoms with Crippen LogP contribution in [0.5, 0.6) is 0 Å². The van der Waals surface area contributed by atoms with Gasteiger partial charge in [-0.05, 0) is 25.6 Å². The van der Waals surface area contributed by atoms with Crippen LogP contribution in [0.15, 0.2) is 29.2 Å². The summed E-state index contributed by atoms with van der Waals surface area (Å²) < 4.78 is 23.5. The van der Waals surface area contributed by atoms with Crippen molar-refractivity contribution in [3.63, 3.8) is 0 Å². The van der Waals surface area contributed by atoms with Crippen LogP contribution in [0.2, 0.25) is 0 Å². The van der Waals surface area contributed by atoms with Gasteiger partial charge in [-0.3, -0.25) is 0 Å². The third kappa shape index (κ3) is 2.56. The second kappa shape index (κ2) is 4.57. The maximum absolute atomic E-state index is 11.8. The highest BCUT2D eigenvalue weighted by Gasteiger charge is 2.15. The first kappa shape index (κ1) is 11.2. The number of benzene rings is 1. The van der Waals surface area contributed by atoms with Crippen LogP contribution in [0.1, 0.15) is 5.56 Å². The Hall–Kier alpha value is -0.870. The molecule has 0 amide bonds. The summed E-state index contributed by atoms with van der Waals surface area (Å²) in [5.41, 5.74) is 0.809. The molecule has 0 spiro atoms.